The third kappa shape index (κ3) is 10.3. The molecule has 2 aromatic rings. The van der Waals surface area contributed by atoms with Crippen LogP contribution in [-0.4, -0.2) is 11.7 Å². The maximum atomic E-state index is 12.8. The predicted octanol–water partition coefficient (Wildman–Crippen LogP) is 8.34. The van der Waals surface area contributed by atoms with Gasteiger partial charge in [0.05, 0.1) is 5.69 Å². The molecule has 0 fully saturated rings. The van der Waals surface area contributed by atoms with E-state index >= 15 is 0 Å². The number of unbranched alkanes of at least 4 members (excludes halogenated alkanes) is 12. The van der Waals surface area contributed by atoms with E-state index in [1.165, 1.54) is 70.6 Å². The molecule has 2 rings (SSSR count). The molecule has 0 heterocycles. The zero-order chi connectivity index (χ0) is 22.9. The Balaban J connectivity index is 1.58. The summed E-state index contributed by atoms with van der Waals surface area (Å²) in [6, 6.07) is 16.4. The molecular formula is C29H41NO2. The van der Waals surface area contributed by atoms with Crippen LogP contribution < -0.4 is 5.32 Å². The molecule has 0 radical (unpaired) electrons. The first-order chi connectivity index (χ1) is 15.7. The Morgan fingerprint density at radius 2 is 1.12 bits per heavy atom. The molecular weight excluding hydrogens is 394 g/mol. The van der Waals surface area contributed by atoms with E-state index in [1.807, 2.05) is 30.3 Å². The van der Waals surface area contributed by atoms with Crippen molar-refractivity contribution in [3.63, 3.8) is 0 Å². The molecule has 0 saturated carbocycles. The lowest BCUT2D eigenvalue weighted by atomic mass is 10.0. The number of anilines is 1. The van der Waals surface area contributed by atoms with Gasteiger partial charge in [-0.05, 0) is 18.6 Å². The van der Waals surface area contributed by atoms with E-state index in [9.17, 15) is 9.59 Å². The van der Waals surface area contributed by atoms with Crippen LogP contribution in [0.4, 0.5) is 5.69 Å². The first-order valence-electron chi connectivity index (χ1n) is 12.7. The van der Waals surface area contributed by atoms with E-state index < -0.39 is 0 Å². The highest BCUT2D eigenvalue weighted by atomic mass is 16.1. The van der Waals surface area contributed by atoms with Gasteiger partial charge in [0.25, 0.3) is 0 Å². The molecule has 0 aliphatic heterocycles. The van der Waals surface area contributed by atoms with Gasteiger partial charge in [-0.25, -0.2) is 0 Å². The molecule has 0 spiro atoms. The average Bonchev–Trinajstić information content (AvgIpc) is 2.82. The fourth-order valence-electron chi connectivity index (χ4n) is 4.05. The summed E-state index contributed by atoms with van der Waals surface area (Å²) in [5, 5.41) is 2.94. The van der Waals surface area contributed by atoms with Gasteiger partial charge in [-0.3, -0.25) is 9.59 Å². The smallest absolute Gasteiger partial charge is 0.224 e. The molecule has 0 aliphatic rings. The predicted molar refractivity (Wildman–Crippen MR) is 135 cm³/mol. The fourth-order valence-corrected chi connectivity index (χ4v) is 4.05. The van der Waals surface area contributed by atoms with Gasteiger partial charge in [-0.2, -0.15) is 0 Å². The van der Waals surface area contributed by atoms with Crippen LogP contribution in [0.3, 0.4) is 0 Å². The Hall–Kier alpha value is -2.42. The molecule has 174 valence electrons. The summed E-state index contributed by atoms with van der Waals surface area (Å²) in [5.74, 6) is -0.0798. The quantitative estimate of drug-likeness (QED) is 0.200. The Morgan fingerprint density at radius 1 is 0.625 bits per heavy atom. The summed E-state index contributed by atoms with van der Waals surface area (Å²) >= 11 is 0. The minimum atomic E-state index is -0.0672. The van der Waals surface area contributed by atoms with Gasteiger partial charge in [-0.1, -0.05) is 126 Å². The number of carbonyl (C=O) groups is 2. The molecule has 0 aromatic heterocycles. The van der Waals surface area contributed by atoms with Crippen LogP contribution in [0.15, 0.2) is 54.6 Å². The lowest BCUT2D eigenvalue weighted by Crippen LogP contribution is -2.14. The summed E-state index contributed by atoms with van der Waals surface area (Å²) in [7, 11) is 0. The monoisotopic (exact) mass is 435 g/mol. The SMILES string of the molecule is CCCCCCCCCCCCCCCC(=O)Nc1ccccc1C(=O)c1ccccc1. The van der Waals surface area contributed by atoms with Crippen LogP contribution in [-0.2, 0) is 4.79 Å². The third-order valence-electron chi connectivity index (χ3n) is 5.99. The number of hydrogen-bond acceptors (Lipinski definition) is 2. The van der Waals surface area contributed by atoms with Crippen LogP contribution in [0.1, 0.15) is 113 Å². The number of rotatable bonds is 17. The third-order valence-corrected chi connectivity index (χ3v) is 5.99. The van der Waals surface area contributed by atoms with Gasteiger partial charge >= 0.3 is 0 Å². The highest BCUT2D eigenvalue weighted by Crippen LogP contribution is 2.20. The second kappa shape index (κ2) is 16.2. The Morgan fingerprint density at radius 3 is 1.72 bits per heavy atom. The van der Waals surface area contributed by atoms with E-state index in [2.05, 4.69) is 12.2 Å². The van der Waals surface area contributed by atoms with E-state index in [0.717, 1.165) is 12.8 Å². The molecule has 0 aliphatic carbocycles. The van der Waals surface area contributed by atoms with Crippen molar-refractivity contribution in [2.45, 2.75) is 96.8 Å². The largest absolute Gasteiger partial charge is 0.325 e. The van der Waals surface area contributed by atoms with Gasteiger partial charge in [0, 0.05) is 17.5 Å². The summed E-state index contributed by atoms with van der Waals surface area (Å²) < 4.78 is 0. The van der Waals surface area contributed by atoms with Crippen molar-refractivity contribution >= 4 is 17.4 Å². The van der Waals surface area contributed by atoms with Crippen LogP contribution >= 0.6 is 0 Å². The molecule has 0 atom stereocenters. The van der Waals surface area contributed by atoms with Crippen molar-refractivity contribution in [1.29, 1.82) is 0 Å². The van der Waals surface area contributed by atoms with Crippen molar-refractivity contribution in [2.75, 3.05) is 5.32 Å². The minimum Gasteiger partial charge on any atom is -0.325 e. The number of hydrogen-bond donors (Lipinski definition) is 1. The first-order valence-corrected chi connectivity index (χ1v) is 12.7. The molecule has 2 aromatic carbocycles. The molecule has 1 N–H and O–H groups in total. The van der Waals surface area contributed by atoms with Crippen LogP contribution in [0, 0.1) is 0 Å². The maximum Gasteiger partial charge on any atom is 0.224 e. The molecule has 0 saturated heterocycles. The Bertz CT molecular complexity index is 785. The van der Waals surface area contributed by atoms with E-state index in [1.54, 1.807) is 24.3 Å². The lowest BCUT2D eigenvalue weighted by molar-refractivity contribution is -0.116. The molecule has 3 heteroatoms. The van der Waals surface area contributed by atoms with Crippen LogP contribution in [0.2, 0.25) is 0 Å². The van der Waals surface area contributed by atoms with Crippen LogP contribution in [0.25, 0.3) is 0 Å². The van der Waals surface area contributed by atoms with Crippen molar-refractivity contribution in [3.8, 4) is 0 Å². The molecule has 0 bridgehead atoms. The zero-order valence-electron chi connectivity index (χ0n) is 19.9. The topological polar surface area (TPSA) is 46.2 Å². The van der Waals surface area contributed by atoms with Gasteiger partial charge in [0.2, 0.25) is 5.91 Å². The molecule has 0 unspecified atom stereocenters. The normalized spacial score (nSPS) is 10.8. The van der Waals surface area contributed by atoms with Gasteiger partial charge < -0.3 is 5.32 Å². The van der Waals surface area contributed by atoms with Crippen LogP contribution in [0.5, 0.6) is 0 Å². The summed E-state index contributed by atoms with van der Waals surface area (Å²) in [6.45, 7) is 2.26. The highest BCUT2D eigenvalue weighted by Gasteiger charge is 2.14. The second-order valence-electron chi connectivity index (χ2n) is 8.78. The van der Waals surface area contributed by atoms with Crippen molar-refractivity contribution in [3.05, 3.63) is 65.7 Å². The number of ketones is 1. The highest BCUT2D eigenvalue weighted by molar-refractivity contribution is 6.13. The second-order valence-corrected chi connectivity index (χ2v) is 8.78. The van der Waals surface area contributed by atoms with Crippen molar-refractivity contribution < 1.29 is 9.59 Å². The number of para-hydroxylation sites is 1. The summed E-state index contributed by atoms with van der Waals surface area (Å²) in [4.78, 5) is 25.2. The fraction of sp³-hybridized carbons (Fsp3) is 0.517. The van der Waals surface area contributed by atoms with Gasteiger partial charge in [0.15, 0.2) is 5.78 Å². The number of carbonyl (C=O) groups excluding carboxylic acids is 2. The zero-order valence-corrected chi connectivity index (χ0v) is 19.9. The summed E-state index contributed by atoms with van der Waals surface area (Å²) in [5.41, 5.74) is 1.77. The minimum absolute atomic E-state index is 0.0126. The number of amides is 1. The van der Waals surface area contributed by atoms with E-state index in [0.29, 0.717) is 23.2 Å². The van der Waals surface area contributed by atoms with Crippen molar-refractivity contribution in [2.24, 2.45) is 0 Å². The first kappa shape index (κ1) is 25.8. The Kier molecular flexibility index (Phi) is 13.1. The van der Waals surface area contributed by atoms with Gasteiger partial charge in [-0.15, -0.1) is 0 Å². The summed E-state index contributed by atoms with van der Waals surface area (Å²) in [6.07, 6.45) is 17.3. The maximum absolute atomic E-state index is 12.8. The van der Waals surface area contributed by atoms with E-state index in [-0.39, 0.29) is 11.7 Å². The van der Waals surface area contributed by atoms with Crippen molar-refractivity contribution in [1.82, 2.24) is 0 Å². The Labute approximate surface area is 195 Å². The molecule has 1 amide bonds. The van der Waals surface area contributed by atoms with E-state index in [4.69, 9.17) is 0 Å². The molecule has 3 nitrogen and oxygen atoms in total. The number of nitrogens with one attached hydrogen (secondary N) is 1. The number of benzene rings is 2. The standard InChI is InChI=1S/C29H41NO2/c1-2-3-4-5-6-7-8-9-10-11-12-13-17-24-28(31)30-27-23-19-18-22-26(27)29(32)25-20-15-14-16-21-25/h14-16,18-23H,2-13,17,24H2,1H3,(H,30,31). The average molecular weight is 436 g/mol. The molecule has 32 heavy (non-hydrogen) atoms. The van der Waals surface area contributed by atoms with Gasteiger partial charge in [0.1, 0.15) is 0 Å². The lowest BCUT2D eigenvalue weighted by Gasteiger charge is -2.10.